The minimum atomic E-state index is -0.188. The van der Waals surface area contributed by atoms with Gasteiger partial charge in [-0.15, -0.1) is 0 Å². The van der Waals surface area contributed by atoms with Crippen molar-refractivity contribution in [3.8, 4) is 0 Å². The topological polar surface area (TPSA) is 68.7 Å². The molecule has 2 N–H and O–H groups in total. The molecule has 1 aliphatic rings. The van der Waals surface area contributed by atoms with Crippen LogP contribution in [-0.2, 0) is 12.3 Å². The average Bonchev–Trinajstić information content (AvgIpc) is 2.81. The number of aliphatic imine (C=N–C) groups is 1. The van der Waals surface area contributed by atoms with Crippen molar-refractivity contribution in [3.63, 3.8) is 0 Å². The maximum Gasteiger partial charge on any atom is 0.225 e. The maximum atomic E-state index is 13.5. The fraction of sp³-hybridized carbons (Fsp3) is 0.500. The molecule has 1 saturated heterocycles. The van der Waals surface area contributed by atoms with Crippen LogP contribution in [0.1, 0.15) is 17.5 Å². The highest BCUT2D eigenvalue weighted by atomic mass is 32.2. The predicted octanol–water partition coefficient (Wildman–Crippen LogP) is 2.36. The van der Waals surface area contributed by atoms with Crippen LogP contribution in [0.4, 0.5) is 10.3 Å². The van der Waals surface area contributed by atoms with Gasteiger partial charge in [0.05, 0.1) is 0 Å². The minimum absolute atomic E-state index is 0.188. The fourth-order valence-corrected chi connectivity index (χ4v) is 4.17. The van der Waals surface area contributed by atoms with Crippen molar-refractivity contribution < 1.29 is 4.39 Å². The van der Waals surface area contributed by atoms with Gasteiger partial charge < -0.3 is 15.5 Å². The van der Waals surface area contributed by atoms with E-state index >= 15 is 0 Å². The number of anilines is 1. The molecule has 31 heavy (non-hydrogen) atoms. The summed E-state index contributed by atoms with van der Waals surface area (Å²) in [7, 11) is 1.77. The van der Waals surface area contributed by atoms with Crippen LogP contribution in [0, 0.1) is 5.82 Å². The van der Waals surface area contributed by atoms with Crippen LogP contribution < -0.4 is 15.5 Å². The average molecular weight is 446 g/mol. The van der Waals surface area contributed by atoms with E-state index < -0.39 is 0 Å². The summed E-state index contributed by atoms with van der Waals surface area (Å²) >= 11 is 1.69. The van der Waals surface area contributed by atoms with Gasteiger partial charge in [-0.2, -0.15) is 11.8 Å². The monoisotopic (exact) mass is 445 g/mol. The molecule has 0 atom stereocenters. The largest absolute Gasteiger partial charge is 0.356 e. The number of thioether (sulfide) groups is 1. The van der Waals surface area contributed by atoms with Crippen molar-refractivity contribution >= 4 is 23.7 Å². The molecule has 9 heteroatoms. The zero-order valence-corrected chi connectivity index (χ0v) is 19.2. The number of hydrogen-bond acceptors (Lipinski definition) is 6. The molecule has 2 aromatic rings. The number of benzene rings is 1. The summed E-state index contributed by atoms with van der Waals surface area (Å²) in [6.45, 7) is 6.47. The smallest absolute Gasteiger partial charge is 0.225 e. The van der Waals surface area contributed by atoms with Gasteiger partial charge in [0.1, 0.15) is 5.82 Å². The number of rotatable bonds is 9. The second-order valence-electron chi connectivity index (χ2n) is 7.43. The summed E-state index contributed by atoms with van der Waals surface area (Å²) in [6.07, 6.45) is 6.65. The number of nitrogens with zero attached hydrogens (tertiary/aromatic N) is 5. The highest BCUT2D eigenvalue weighted by Crippen LogP contribution is 2.16. The molecule has 0 bridgehead atoms. The van der Waals surface area contributed by atoms with E-state index in [-0.39, 0.29) is 5.82 Å². The molecule has 7 nitrogen and oxygen atoms in total. The lowest BCUT2D eigenvalue weighted by atomic mass is 10.1. The Hall–Kier alpha value is -2.39. The molecule has 1 aliphatic heterocycles. The quantitative estimate of drug-likeness (QED) is 0.349. The fourth-order valence-electron chi connectivity index (χ4n) is 3.59. The Bertz CT molecular complexity index is 826. The second kappa shape index (κ2) is 12.5. The van der Waals surface area contributed by atoms with E-state index in [0.717, 1.165) is 74.5 Å². The van der Waals surface area contributed by atoms with E-state index in [1.807, 2.05) is 18.4 Å². The first-order valence-electron chi connectivity index (χ1n) is 10.6. The third-order valence-electron chi connectivity index (χ3n) is 5.29. The van der Waals surface area contributed by atoms with Crippen LogP contribution >= 0.6 is 11.8 Å². The van der Waals surface area contributed by atoms with Gasteiger partial charge in [0.15, 0.2) is 5.96 Å². The highest BCUT2D eigenvalue weighted by Gasteiger charge is 2.18. The zero-order valence-electron chi connectivity index (χ0n) is 18.4. The lowest BCUT2D eigenvalue weighted by Crippen LogP contribution is -2.47. The van der Waals surface area contributed by atoms with Gasteiger partial charge in [-0.1, -0.05) is 6.07 Å². The molecule has 0 unspecified atom stereocenters. The summed E-state index contributed by atoms with van der Waals surface area (Å²) in [5, 5.41) is 6.72. The number of hydrogen-bond donors (Lipinski definition) is 2. The van der Waals surface area contributed by atoms with Gasteiger partial charge in [-0.25, -0.2) is 14.4 Å². The number of halogens is 1. The van der Waals surface area contributed by atoms with Gasteiger partial charge in [0, 0.05) is 64.5 Å². The van der Waals surface area contributed by atoms with Crippen LogP contribution in [0.2, 0.25) is 0 Å². The predicted molar refractivity (Wildman–Crippen MR) is 127 cm³/mol. The molecule has 3 rings (SSSR count). The number of nitrogens with one attached hydrogen (secondary N) is 2. The number of piperazine rings is 1. The summed E-state index contributed by atoms with van der Waals surface area (Å²) in [6, 6.07) is 6.83. The van der Waals surface area contributed by atoms with E-state index in [4.69, 9.17) is 0 Å². The highest BCUT2D eigenvalue weighted by molar-refractivity contribution is 7.97. The Morgan fingerprint density at radius 3 is 2.61 bits per heavy atom. The van der Waals surface area contributed by atoms with Crippen molar-refractivity contribution in [3.05, 3.63) is 53.6 Å². The van der Waals surface area contributed by atoms with Crippen LogP contribution in [0.25, 0.3) is 0 Å². The summed E-state index contributed by atoms with van der Waals surface area (Å²) < 4.78 is 13.5. The summed E-state index contributed by atoms with van der Waals surface area (Å²) in [5.74, 6) is 2.20. The van der Waals surface area contributed by atoms with E-state index in [1.54, 1.807) is 37.3 Å². The normalized spacial score (nSPS) is 15.2. The van der Waals surface area contributed by atoms with Crippen molar-refractivity contribution in [2.45, 2.75) is 18.7 Å². The van der Waals surface area contributed by atoms with E-state index in [1.165, 1.54) is 6.07 Å². The van der Waals surface area contributed by atoms with Gasteiger partial charge in [-0.3, -0.25) is 9.89 Å². The SMILES string of the molecule is CN=C(NCCCN1CCN(c2ncccn2)CC1)NCc1ccc(F)cc1CSC. The first-order chi connectivity index (χ1) is 15.2. The lowest BCUT2D eigenvalue weighted by molar-refractivity contribution is 0.254. The van der Waals surface area contributed by atoms with E-state index in [2.05, 4.69) is 35.4 Å². The third kappa shape index (κ3) is 7.36. The third-order valence-corrected chi connectivity index (χ3v) is 5.89. The van der Waals surface area contributed by atoms with Crippen molar-refractivity contribution in [2.75, 3.05) is 57.5 Å². The number of aromatic nitrogens is 2. The van der Waals surface area contributed by atoms with Gasteiger partial charge in [0.2, 0.25) is 5.95 Å². The standard InChI is InChI=1S/C22H32FN7S/c1-24-21(28-16-18-5-6-20(23)15-19(18)17-31-2)25-9-4-10-29-11-13-30(14-12-29)22-26-7-3-8-27-22/h3,5-8,15H,4,9-14,16-17H2,1-2H3,(H2,24,25,28). The Labute approximate surface area is 188 Å². The molecular weight excluding hydrogens is 413 g/mol. The molecule has 0 radical (unpaired) electrons. The van der Waals surface area contributed by atoms with Gasteiger partial charge >= 0.3 is 0 Å². The maximum absolute atomic E-state index is 13.5. The molecule has 1 fully saturated rings. The van der Waals surface area contributed by atoms with Crippen molar-refractivity contribution in [1.29, 1.82) is 0 Å². The van der Waals surface area contributed by atoms with Crippen molar-refractivity contribution in [2.24, 2.45) is 4.99 Å². The molecule has 0 saturated carbocycles. The Morgan fingerprint density at radius 1 is 1.13 bits per heavy atom. The first-order valence-corrected chi connectivity index (χ1v) is 12.0. The Kier molecular flexibility index (Phi) is 9.36. The summed E-state index contributed by atoms with van der Waals surface area (Å²) in [5.41, 5.74) is 2.12. The molecule has 0 amide bonds. The zero-order chi connectivity index (χ0) is 21.9. The molecule has 2 heterocycles. The van der Waals surface area contributed by atoms with Crippen LogP contribution in [0.3, 0.4) is 0 Å². The summed E-state index contributed by atoms with van der Waals surface area (Å²) in [4.78, 5) is 17.7. The Balaban J connectivity index is 1.35. The molecule has 1 aromatic heterocycles. The molecule has 168 valence electrons. The Morgan fingerprint density at radius 2 is 1.90 bits per heavy atom. The van der Waals surface area contributed by atoms with Crippen LogP contribution in [0.15, 0.2) is 41.7 Å². The van der Waals surface area contributed by atoms with E-state index in [0.29, 0.717) is 6.54 Å². The second-order valence-corrected chi connectivity index (χ2v) is 8.30. The van der Waals surface area contributed by atoms with Gasteiger partial charge in [-0.05, 0) is 48.5 Å². The van der Waals surface area contributed by atoms with Crippen LogP contribution in [0.5, 0.6) is 0 Å². The van der Waals surface area contributed by atoms with Crippen LogP contribution in [-0.4, -0.2) is 73.4 Å². The number of guanidine groups is 1. The van der Waals surface area contributed by atoms with E-state index in [9.17, 15) is 4.39 Å². The molecule has 0 aliphatic carbocycles. The molecule has 1 aromatic carbocycles. The molecule has 0 spiro atoms. The first kappa shape index (κ1) is 23.3. The minimum Gasteiger partial charge on any atom is -0.356 e. The van der Waals surface area contributed by atoms with Gasteiger partial charge in [0.25, 0.3) is 0 Å². The van der Waals surface area contributed by atoms with Crippen molar-refractivity contribution in [1.82, 2.24) is 25.5 Å². The molecular formula is C22H32FN7S. The lowest BCUT2D eigenvalue weighted by Gasteiger charge is -2.34.